The highest BCUT2D eigenvalue weighted by Crippen LogP contribution is 2.32. The van der Waals surface area contributed by atoms with E-state index >= 15 is 0 Å². The van der Waals surface area contributed by atoms with Crippen molar-refractivity contribution in [1.29, 1.82) is 0 Å². The van der Waals surface area contributed by atoms with Gasteiger partial charge in [-0.2, -0.15) is 0 Å². The van der Waals surface area contributed by atoms with Crippen LogP contribution in [-0.4, -0.2) is 32.9 Å². The van der Waals surface area contributed by atoms with Crippen LogP contribution >= 0.6 is 11.6 Å². The van der Waals surface area contributed by atoms with Crippen LogP contribution in [0.5, 0.6) is 5.75 Å². The van der Waals surface area contributed by atoms with Gasteiger partial charge < -0.3 is 4.74 Å². The first-order valence-corrected chi connectivity index (χ1v) is 9.20. The third-order valence-electron chi connectivity index (χ3n) is 4.05. The van der Waals surface area contributed by atoms with Crippen molar-refractivity contribution >= 4 is 21.4 Å². The number of hydrogen-bond acceptors (Lipinski definition) is 3. The number of aryl methyl sites for hydroxylation is 1. The van der Waals surface area contributed by atoms with Gasteiger partial charge in [0.1, 0.15) is 5.75 Å². The van der Waals surface area contributed by atoms with Crippen molar-refractivity contribution in [3.63, 3.8) is 0 Å². The number of alkyl halides is 1. The fourth-order valence-corrected chi connectivity index (χ4v) is 5.17. The highest BCUT2D eigenvalue weighted by Gasteiger charge is 2.33. The van der Waals surface area contributed by atoms with Gasteiger partial charge in [0.15, 0.2) is 9.84 Å². The summed E-state index contributed by atoms with van der Waals surface area (Å²) < 4.78 is 28.6. The number of rotatable bonds is 5. The molecule has 1 aliphatic heterocycles. The summed E-state index contributed by atoms with van der Waals surface area (Å²) in [6, 6.07) is 6.07. The lowest BCUT2D eigenvalue weighted by Crippen LogP contribution is -2.20. The van der Waals surface area contributed by atoms with Gasteiger partial charge in [0.2, 0.25) is 0 Å². The predicted molar refractivity (Wildman–Crippen MR) is 82.4 cm³/mol. The van der Waals surface area contributed by atoms with Gasteiger partial charge in [-0.25, -0.2) is 8.42 Å². The van der Waals surface area contributed by atoms with Crippen molar-refractivity contribution in [2.24, 2.45) is 11.8 Å². The van der Waals surface area contributed by atoms with E-state index in [-0.39, 0.29) is 17.6 Å². The summed E-state index contributed by atoms with van der Waals surface area (Å²) in [4.78, 5) is 0. The maximum absolute atomic E-state index is 11.6. The molecule has 1 aromatic rings. The zero-order valence-electron chi connectivity index (χ0n) is 11.9. The van der Waals surface area contributed by atoms with E-state index in [1.165, 1.54) is 5.56 Å². The van der Waals surface area contributed by atoms with Crippen molar-refractivity contribution < 1.29 is 13.2 Å². The summed E-state index contributed by atoms with van der Waals surface area (Å²) in [5.74, 6) is 2.27. The van der Waals surface area contributed by atoms with E-state index in [1.54, 1.807) is 7.11 Å². The molecule has 0 aromatic heterocycles. The molecule has 1 fully saturated rings. The number of ether oxygens (including phenoxy) is 1. The average Bonchev–Trinajstić information content (AvgIpc) is 2.76. The van der Waals surface area contributed by atoms with Gasteiger partial charge in [0.25, 0.3) is 0 Å². The van der Waals surface area contributed by atoms with Gasteiger partial charge in [-0.15, -0.1) is 11.6 Å². The minimum atomic E-state index is -2.86. The van der Waals surface area contributed by atoms with E-state index in [0.717, 1.165) is 24.2 Å². The molecule has 0 aliphatic carbocycles. The smallest absolute Gasteiger partial charge is 0.150 e. The number of benzene rings is 1. The van der Waals surface area contributed by atoms with Gasteiger partial charge in [-0.3, -0.25) is 0 Å². The molecule has 1 heterocycles. The number of sulfone groups is 1. The van der Waals surface area contributed by atoms with Crippen LogP contribution in [0, 0.1) is 18.8 Å². The Labute approximate surface area is 126 Å². The normalized spacial score (nSPS) is 22.6. The molecule has 1 saturated heterocycles. The lowest BCUT2D eigenvalue weighted by Gasteiger charge is -2.21. The molecule has 112 valence electrons. The van der Waals surface area contributed by atoms with Gasteiger partial charge in [0.05, 0.1) is 18.6 Å². The largest absolute Gasteiger partial charge is 0.496 e. The zero-order chi connectivity index (χ0) is 14.8. The molecule has 0 saturated carbocycles. The summed E-state index contributed by atoms with van der Waals surface area (Å²) in [7, 11) is -1.20. The molecule has 1 aromatic carbocycles. The van der Waals surface area contributed by atoms with Crippen LogP contribution in [0.1, 0.15) is 17.5 Å². The van der Waals surface area contributed by atoms with E-state index in [9.17, 15) is 8.42 Å². The Kier molecular flexibility index (Phi) is 4.97. The van der Waals surface area contributed by atoms with Crippen molar-refractivity contribution in [3.8, 4) is 5.75 Å². The first-order valence-electron chi connectivity index (χ1n) is 6.85. The quantitative estimate of drug-likeness (QED) is 0.785. The average molecular weight is 317 g/mol. The van der Waals surface area contributed by atoms with Crippen molar-refractivity contribution in [3.05, 3.63) is 29.3 Å². The molecule has 0 radical (unpaired) electrons. The van der Waals surface area contributed by atoms with E-state index < -0.39 is 9.84 Å². The summed E-state index contributed by atoms with van der Waals surface area (Å²) in [5.41, 5.74) is 2.29. The molecular weight excluding hydrogens is 296 g/mol. The topological polar surface area (TPSA) is 43.4 Å². The molecule has 0 N–H and O–H groups in total. The second-order valence-electron chi connectivity index (χ2n) is 5.60. The summed E-state index contributed by atoms with van der Waals surface area (Å²) in [6.45, 7) is 2.04. The molecule has 0 spiro atoms. The third kappa shape index (κ3) is 3.67. The Bertz CT molecular complexity index is 568. The van der Waals surface area contributed by atoms with Gasteiger partial charge in [-0.1, -0.05) is 17.7 Å². The fraction of sp³-hybridized carbons (Fsp3) is 0.600. The van der Waals surface area contributed by atoms with Gasteiger partial charge >= 0.3 is 0 Å². The van der Waals surface area contributed by atoms with Crippen LogP contribution in [0.4, 0.5) is 0 Å². The van der Waals surface area contributed by atoms with Crippen molar-refractivity contribution in [1.82, 2.24) is 0 Å². The minimum Gasteiger partial charge on any atom is -0.496 e. The van der Waals surface area contributed by atoms with E-state index in [4.69, 9.17) is 16.3 Å². The van der Waals surface area contributed by atoms with Crippen LogP contribution in [-0.2, 0) is 16.3 Å². The Hall–Kier alpha value is -0.740. The number of hydrogen-bond donors (Lipinski definition) is 0. The van der Waals surface area contributed by atoms with Gasteiger partial charge in [0, 0.05) is 5.88 Å². The molecule has 5 heteroatoms. The monoisotopic (exact) mass is 316 g/mol. The first kappa shape index (κ1) is 15.6. The Morgan fingerprint density at radius 1 is 1.45 bits per heavy atom. The molecule has 0 bridgehead atoms. The SMILES string of the molecule is COc1ccc(C)cc1CC(CCl)C1CCS(=O)(=O)C1. The maximum Gasteiger partial charge on any atom is 0.150 e. The Morgan fingerprint density at radius 3 is 2.75 bits per heavy atom. The number of methoxy groups -OCH3 is 1. The summed E-state index contributed by atoms with van der Waals surface area (Å²) in [5, 5.41) is 0. The van der Waals surface area contributed by atoms with E-state index in [2.05, 4.69) is 6.07 Å². The van der Waals surface area contributed by atoms with Crippen molar-refractivity contribution in [2.75, 3.05) is 24.5 Å². The molecule has 3 nitrogen and oxygen atoms in total. The minimum absolute atomic E-state index is 0.169. The lowest BCUT2D eigenvalue weighted by molar-refractivity contribution is 0.377. The molecule has 2 atom stereocenters. The van der Waals surface area contributed by atoms with E-state index in [1.807, 2.05) is 19.1 Å². The fourth-order valence-electron chi connectivity index (χ4n) is 2.89. The standard InChI is InChI=1S/C15H21ClO3S/c1-11-3-4-15(19-2)13(7-11)8-14(9-16)12-5-6-20(17,18)10-12/h3-4,7,12,14H,5-6,8-10H2,1-2H3. The molecule has 20 heavy (non-hydrogen) atoms. The zero-order valence-corrected chi connectivity index (χ0v) is 13.5. The predicted octanol–water partition coefficient (Wildman–Crippen LogP) is 2.84. The van der Waals surface area contributed by atoms with E-state index in [0.29, 0.717) is 11.6 Å². The highest BCUT2D eigenvalue weighted by molar-refractivity contribution is 7.91. The van der Waals surface area contributed by atoms with Crippen LogP contribution in [0.3, 0.4) is 0 Å². The molecular formula is C15H21ClO3S. The number of halogens is 1. The summed E-state index contributed by atoms with van der Waals surface area (Å²) >= 11 is 6.09. The lowest BCUT2D eigenvalue weighted by atomic mass is 9.87. The van der Waals surface area contributed by atoms with Crippen LogP contribution in [0.25, 0.3) is 0 Å². The first-order chi connectivity index (χ1) is 9.45. The van der Waals surface area contributed by atoms with Gasteiger partial charge in [-0.05, 0) is 43.2 Å². The molecule has 1 aliphatic rings. The highest BCUT2D eigenvalue weighted by atomic mass is 35.5. The second kappa shape index (κ2) is 6.35. The van der Waals surface area contributed by atoms with Crippen LogP contribution in [0.15, 0.2) is 18.2 Å². The summed E-state index contributed by atoms with van der Waals surface area (Å²) in [6.07, 6.45) is 1.50. The van der Waals surface area contributed by atoms with Crippen molar-refractivity contribution in [2.45, 2.75) is 19.8 Å². The molecule has 2 unspecified atom stereocenters. The Morgan fingerprint density at radius 2 is 2.20 bits per heavy atom. The second-order valence-corrected chi connectivity index (χ2v) is 8.13. The molecule has 0 amide bonds. The third-order valence-corrected chi connectivity index (χ3v) is 6.24. The molecule has 2 rings (SSSR count). The maximum atomic E-state index is 11.6. The van der Waals surface area contributed by atoms with Crippen LogP contribution < -0.4 is 4.74 Å². The Balaban J connectivity index is 2.16. The van der Waals surface area contributed by atoms with Crippen LogP contribution in [0.2, 0.25) is 0 Å².